The Labute approximate surface area is 42.9 Å². The predicted molar refractivity (Wildman–Crippen MR) is 27.1 cm³/mol. The summed E-state index contributed by atoms with van der Waals surface area (Å²) in [7, 11) is 0. The zero-order valence-electron chi connectivity index (χ0n) is 4.18. The van der Waals surface area contributed by atoms with E-state index in [4.69, 9.17) is 0 Å². The molecule has 7 heavy (non-hydrogen) atoms. The largest absolute Gasteiger partial charge is 0.308 e. The Balaban J connectivity index is 2.26. The lowest BCUT2D eigenvalue weighted by molar-refractivity contribution is -0.109. The van der Waals surface area contributed by atoms with Crippen molar-refractivity contribution in [2.24, 2.45) is 0 Å². The van der Waals surface area contributed by atoms with Crippen molar-refractivity contribution in [2.75, 3.05) is 6.54 Å². The fraction of sp³-hybridized carbons (Fsp3) is 0.800. The zero-order valence-corrected chi connectivity index (χ0v) is 4.18. The highest BCUT2D eigenvalue weighted by molar-refractivity contribution is 5.57. The van der Waals surface area contributed by atoms with E-state index in [0.717, 1.165) is 25.7 Å². The van der Waals surface area contributed by atoms with Crippen LogP contribution in [0.4, 0.5) is 0 Å². The number of nitrogens with one attached hydrogen (secondary N) is 1. The fourth-order valence-electron chi connectivity index (χ4n) is 0.828. The van der Waals surface area contributed by atoms with Gasteiger partial charge < -0.3 is 10.1 Å². The highest BCUT2D eigenvalue weighted by Gasteiger charge is 2.10. The Morgan fingerprint density at radius 2 is 2.57 bits per heavy atom. The highest BCUT2D eigenvalue weighted by Crippen LogP contribution is 2.00. The molecule has 0 radical (unpaired) electrons. The maximum Gasteiger partial charge on any atom is 0.136 e. The molecule has 1 aliphatic rings. The molecule has 40 valence electrons. The third-order valence-corrected chi connectivity index (χ3v) is 1.26. The number of carbonyl (C=O) groups excluding carboxylic acids is 1. The number of hydrogen-bond donors (Lipinski definition) is 1. The van der Waals surface area contributed by atoms with Crippen LogP contribution in [-0.4, -0.2) is 18.9 Å². The SMILES string of the molecule is O=CC1CCCN1. The van der Waals surface area contributed by atoms with Crippen molar-refractivity contribution in [1.29, 1.82) is 0 Å². The average molecular weight is 99.1 g/mol. The summed E-state index contributed by atoms with van der Waals surface area (Å²) in [6.45, 7) is 1.02. The van der Waals surface area contributed by atoms with Gasteiger partial charge in [0.1, 0.15) is 6.29 Å². The molecule has 1 N–H and O–H groups in total. The van der Waals surface area contributed by atoms with E-state index in [9.17, 15) is 4.79 Å². The molecule has 1 heterocycles. The molecule has 0 aliphatic carbocycles. The van der Waals surface area contributed by atoms with Crippen molar-refractivity contribution in [3.63, 3.8) is 0 Å². The Hall–Kier alpha value is -0.370. The van der Waals surface area contributed by atoms with Crippen LogP contribution in [0, 0.1) is 0 Å². The summed E-state index contributed by atoms with van der Waals surface area (Å²) in [4.78, 5) is 9.94. The molecule has 0 spiro atoms. The fourth-order valence-corrected chi connectivity index (χ4v) is 0.828. The lowest BCUT2D eigenvalue weighted by Crippen LogP contribution is -2.21. The van der Waals surface area contributed by atoms with Gasteiger partial charge in [0.2, 0.25) is 0 Å². The summed E-state index contributed by atoms with van der Waals surface area (Å²) in [5.74, 6) is 0. The van der Waals surface area contributed by atoms with Crippen molar-refractivity contribution >= 4 is 6.29 Å². The number of aldehydes is 1. The van der Waals surface area contributed by atoms with Gasteiger partial charge in [0.25, 0.3) is 0 Å². The topological polar surface area (TPSA) is 29.1 Å². The first-order chi connectivity index (χ1) is 3.43. The third kappa shape index (κ3) is 0.996. The van der Waals surface area contributed by atoms with Crippen LogP contribution in [0.3, 0.4) is 0 Å². The molecule has 1 saturated heterocycles. The highest BCUT2D eigenvalue weighted by atomic mass is 16.1. The minimum Gasteiger partial charge on any atom is -0.308 e. The third-order valence-electron chi connectivity index (χ3n) is 1.26. The predicted octanol–water partition coefficient (Wildman–Crippen LogP) is -0.0627. The normalized spacial score (nSPS) is 30.6. The molecule has 1 rings (SSSR count). The first-order valence-corrected chi connectivity index (χ1v) is 2.62. The second kappa shape index (κ2) is 2.07. The van der Waals surface area contributed by atoms with Crippen LogP contribution in [0.1, 0.15) is 12.8 Å². The van der Waals surface area contributed by atoms with Crippen molar-refractivity contribution < 1.29 is 4.79 Å². The van der Waals surface area contributed by atoms with Gasteiger partial charge in [0, 0.05) is 0 Å². The Morgan fingerprint density at radius 3 is 2.86 bits per heavy atom. The minimum absolute atomic E-state index is 0.167. The van der Waals surface area contributed by atoms with E-state index in [1.165, 1.54) is 0 Å². The molecule has 0 aromatic heterocycles. The van der Waals surface area contributed by atoms with E-state index in [-0.39, 0.29) is 6.04 Å². The summed E-state index contributed by atoms with van der Waals surface area (Å²) in [6.07, 6.45) is 3.17. The molecular weight excluding hydrogens is 90.1 g/mol. The van der Waals surface area contributed by atoms with Crippen LogP contribution in [0.25, 0.3) is 0 Å². The average Bonchev–Trinajstić information content (AvgIpc) is 2.14. The maximum atomic E-state index is 9.94. The van der Waals surface area contributed by atoms with Gasteiger partial charge in [0.15, 0.2) is 0 Å². The van der Waals surface area contributed by atoms with E-state index in [1.54, 1.807) is 0 Å². The van der Waals surface area contributed by atoms with Gasteiger partial charge in [-0.15, -0.1) is 0 Å². The van der Waals surface area contributed by atoms with Crippen molar-refractivity contribution in [3.05, 3.63) is 0 Å². The first kappa shape index (κ1) is 4.78. The number of carbonyl (C=O) groups is 1. The first-order valence-electron chi connectivity index (χ1n) is 2.62. The summed E-state index contributed by atoms with van der Waals surface area (Å²) in [5, 5.41) is 3.04. The van der Waals surface area contributed by atoms with Crippen molar-refractivity contribution in [3.8, 4) is 0 Å². The Morgan fingerprint density at radius 1 is 1.71 bits per heavy atom. The second-order valence-corrected chi connectivity index (χ2v) is 1.84. The molecule has 2 heteroatoms. The molecule has 1 unspecified atom stereocenters. The Bertz CT molecular complexity index is 66.5. The maximum absolute atomic E-state index is 9.94. The summed E-state index contributed by atoms with van der Waals surface area (Å²) < 4.78 is 0. The van der Waals surface area contributed by atoms with E-state index >= 15 is 0 Å². The molecule has 1 aliphatic heterocycles. The number of rotatable bonds is 1. The summed E-state index contributed by atoms with van der Waals surface area (Å²) >= 11 is 0. The van der Waals surface area contributed by atoms with E-state index in [2.05, 4.69) is 5.32 Å². The molecule has 1 atom stereocenters. The minimum atomic E-state index is 0.167. The standard InChI is InChI=1S/C5H9NO/c7-4-5-2-1-3-6-5/h4-6H,1-3H2. The van der Waals surface area contributed by atoms with Crippen LogP contribution in [0.15, 0.2) is 0 Å². The molecule has 0 aromatic carbocycles. The molecule has 1 fully saturated rings. The van der Waals surface area contributed by atoms with Gasteiger partial charge in [-0.3, -0.25) is 0 Å². The molecule has 0 saturated carbocycles. The van der Waals surface area contributed by atoms with Gasteiger partial charge in [-0.2, -0.15) is 0 Å². The lowest BCUT2D eigenvalue weighted by atomic mass is 10.2. The Kier molecular flexibility index (Phi) is 1.42. The quantitative estimate of drug-likeness (QED) is 0.466. The number of hydrogen-bond acceptors (Lipinski definition) is 2. The van der Waals surface area contributed by atoms with Crippen molar-refractivity contribution in [1.82, 2.24) is 5.32 Å². The monoisotopic (exact) mass is 99.1 g/mol. The molecule has 0 amide bonds. The van der Waals surface area contributed by atoms with Crippen LogP contribution < -0.4 is 5.32 Å². The van der Waals surface area contributed by atoms with E-state index in [0.29, 0.717) is 0 Å². The lowest BCUT2D eigenvalue weighted by Gasteiger charge is -1.93. The van der Waals surface area contributed by atoms with Crippen LogP contribution in [0.5, 0.6) is 0 Å². The van der Waals surface area contributed by atoms with E-state index < -0.39 is 0 Å². The van der Waals surface area contributed by atoms with Crippen LogP contribution in [-0.2, 0) is 4.79 Å². The molecule has 0 aromatic rings. The molecule has 0 bridgehead atoms. The van der Waals surface area contributed by atoms with Gasteiger partial charge in [-0.05, 0) is 19.4 Å². The summed E-state index contributed by atoms with van der Waals surface area (Å²) in [5.41, 5.74) is 0. The van der Waals surface area contributed by atoms with Gasteiger partial charge in [-0.1, -0.05) is 0 Å². The zero-order chi connectivity index (χ0) is 5.11. The van der Waals surface area contributed by atoms with Crippen molar-refractivity contribution in [2.45, 2.75) is 18.9 Å². The smallest absolute Gasteiger partial charge is 0.136 e. The second-order valence-electron chi connectivity index (χ2n) is 1.84. The van der Waals surface area contributed by atoms with Gasteiger partial charge in [0.05, 0.1) is 6.04 Å². The van der Waals surface area contributed by atoms with Gasteiger partial charge in [-0.25, -0.2) is 0 Å². The van der Waals surface area contributed by atoms with Crippen LogP contribution >= 0.6 is 0 Å². The van der Waals surface area contributed by atoms with Crippen LogP contribution in [0.2, 0.25) is 0 Å². The van der Waals surface area contributed by atoms with E-state index in [1.807, 2.05) is 0 Å². The molecular formula is C5H9NO. The molecule has 2 nitrogen and oxygen atoms in total. The summed E-state index contributed by atoms with van der Waals surface area (Å²) in [6, 6.07) is 0.167. The van der Waals surface area contributed by atoms with Gasteiger partial charge >= 0.3 is 0 Å².